The van der Waals surface area contributed by atoms with Crippen molar-refractivity contribution in [1.82, 2.24) is 4.98 Å². The van der Waals surface area contributed by atoms with Crippen LogP contribution in [0.1, 0.15) is 15.2 Å². The molecule has 0 atom stereocenters. The lowest BCUT2D eigenvalue weighted by molar-refractivity contribution is 0.0994. The van der Waals surface area contributed by atoms with E-state index in [0.29, 0.717) is 6.42 Å². The van der Waals surface area contributed by atoms with E-state index in [1.807, 2.05) is 41.8 Å². The van der Waals surface area contributed by atoms with Gasteiger partial charge in [0, 0.05) is 38.3 Å². The lowest BCUT2D eigenvalue weighted by Crippen LogP contribution is -2.02. The number of hydrogen-bond donors (Lipinski definition) is 0. The number of carbonyl (C=O) groups excluding carboxylic acids is 1. The maximum Gasteiger partial charge on any atom is 0.168 e. The molecule has 0 N–H and O–H groups in total. The van der Waals surface area contributed by atoms with Crippen molar-refractivity contribution < 1.29 is 4.79 Å². The Morgan fingerprint density at radius 2 is 2.16 bits per heavy atom. The number of benzene rings is 1. The molecule has 0 aliphatic rings. The number of halogens is 1. The summed E-state index contributed by atoms with van der Waals surface area (Å²) in [5, 5.41) is 2.99. The number of rotatable bonds is 3. The van der Waals surface area contributed by atoms with E-state index in [-0.39, 0.29) is 5.78 Å². The summed E-state index contributed by atoms with van der Waals surface area (Å²) in [5.74, 6) is 0.139. The molecule has 4 heteroatoms. The molecule has 0 fully saturated rings. The third kappa shape index (κ3) is 2.74. The van der Waals surface area contributed by atoms with E-state index >= 15 is 0 Å². The van der Waals surface area contributed by atoms with Gasteiger partial charge >= 0.3 is 0 Å². The normalized spacial score (nSPS) is 10.8. The number of carbonyl (C=O) groups is 1. The molecule has 1 aromatic carbocycles. The predicted octanol–water partition coefficient (Wildman–Crippen LogP) is 4.48. The van der Waals surface area contributed by atoms with Crippen LogP contribution in [0.2, 0.25) is 0 Å². The zero-order chi connectivity index (χ0) is 13.2. The van der Waals surface area contributed by atoms with E-state index < -0.39 is 0 Å². The van der Waals surface area contributed by atoms with Gasteiger partial charge in [-0.05, 0) is 46.3 Å². The average Bonchev–Trinajstić information content (AvgIpc) is 2.83. The Kier molecular flexibility index (Phi) is 3.44. The fourth-order valence-electron chi connectivity index (χ4n) is 1.96. The first-order valence-corrected chi connectivity index (χ1v) is 7.50. The lowest BCUT2D eigenvalue weighted by atomic mass is 10.0. The standard InChI is InChI=1S/C15H10BrNOS/c16-12-7-13(19-9-12)8-15(18)11-3-4-14-10(6-11)2-1-5-17-14/h1-7,9H,8H2. The van der Waals surface area contributed by atoms with Gasteiger partial charge in [0.2, 0.25) is 0 Å². The number of aromatic nitrogens is 1. The summed E-state index contributed by atoms with van der Waals surface area (Å²) in [6.07, 6.45) is 2.20. The number of fused-ring (bicyclic) bond motifs is 1. The molecule has 0 saturated carbocycles. The van der Waals surface area contributed by atoms with Crippen molar-refractivity contribution in [2.24, 2.45) is 0 Å². The highest BCUT2D eigenvalue weighted by Gasteiger charge is 2.09. The summed E-state index contributed by atoms with van der Waals surface area (Å²) in [4.78, 5) is 17.6. The SMILES string of the molecule is O=C(Cc1cc(Br)cs1)c1ccc2ncccc2c1. The molecular formula is C15H10BrNOS. The van der Waals surface area contributed by atoms with Crippen LogP contribution < -0.4 is 0 Å². The largest absolute Gasteiger partial charge is 0.294 e. The maximum atomic E-state index is 12.2. The van der Waals surface area contributed by atoms with Gasteiger partial charge in [-0.1, -0.05) is 6.07 Å². The highest BCUT2D eigenvalue weighted by atomic mass is 79.9. The molecule has 0 saturated heterocycles. The molecule has 2 nitrogen and oxygen atoms in total. The molecular weight excluding hydrogens is 322 g/mol. The number of ketones is 1. The van der Waals surface area contributed by atoms with E-state index in [9.17, 15) is 4.79 Å². The molecule has 0 spiro atoms. The van der Waals surface area contributed by atoms with Gasteiger partial charge in [0.05, 0.1) is 5.52 Å². The summed E-state index contributed by atoms with van der Waals surface area (Å²) < 4.78 is 1.03. The average molecular weight is 332 g/mol. The second kappa shape index (κ2) is 5.23. The van der Waals surface area contributed by atoms with E-state index in [2.05, 4.69) is 20.9 Å². The number of thiophene rings is 1. The zero-order valence-electron chi connectivity index (χ0n) is 9.97. The molecule has 0 aliphatic heterocycles. The molecule has 3 rings (SSSR count). The third-order valence-corrected chi connectivity index (χ3v) is 4.58. The van der Waals surface area contributed by atoms with Gasteiger partial charge in [0.1, 0.15) is 0 Å². The fraction of sp³-hybridized carbons (Fsp3) is 0.0667. The van der Waals surface area contributed by atoms with Crippen LogP contribution in [0.15, 0.2) is 52.4 Å². The molecule has 0 unspecified atom stereocenters. The molecule has 2 aromatic heterocycles. The number of hydrogen-bond acceptors (Lipinski definition) is 3. The predicted molar refractivity (Wildman–Crippen MR) is 81.8 cm³/mol. The molecule has 0 radical (unpaired) electrons. The van der Waals surface area contributed by atoms with Crippen LogP contribution in [0.5, 0.6) is 0 Å². The van der Waals surface area contributed by atoms with Gasteiger partial charge in [0.25, 0.3) is 0 Å². The van der Waals surface area contributed by atoms with E-state index in [0.717, 1.165) is 25.8 Å². The highest BCUT2D eigenvalue weighted by molar-refractivity contribution is 9.10. The minimum atomic E-state index is 0.139. The third-order valence-electron chi connectivity index (χ3n) is 2.88. The summed E-state index contributed by atoms with van der Waals surface area (Å²) in [5.41, 5.74) is 1.66. The smallest absolute Gasteiger partial charge is 0.168 e. The minimum Gasteiger partial charge on any atom is -0.294 e. The second-order valence-corrected chi connectivity index (χ2v) is 6.15. The van der Waals surface area contributed by atoms with E-state index in [1.54, 1.807) is 17.5 Å². The van der Waals surface area contributed by atoms with Crippen molar-refractivity contribution >= 4 is 44.0 Å². The van der Waals surface area contributed by atoms with Crippen molar-refractivity contribution in [3.8, 4) is 0 Å². The van der Waals surface area contributed by atoms with Gasteiger partial charge in [-0.3, -0.25) is 9.78 Å². The van der Waals surface area contributed by atoms with Crippen LogP contribution in [-0.4, -0.2) is 10.8 Å². The van der Waals surface area contributed by atoms with E-state index in [1.165, 1.54) is 0 Å². The first kappa shape index (κ1) is 12.5. The molecule has 2 heterocycles. The molecule has 3 aromatic rings. The Morgan fingerprint density at radius 1 is 1.26 bits per heavy atom. The molecule has 94 valence electrons. The summed E-state index contributed by atoms with van der Waals surface area (Å²) in [6, 6.07) is 11.5. The Hall–Kier alpha value is -1.52. The number of nitrogens with zero attached hydrogens (tertiary/aromatic N) is 1. The zero-order valence-corrected chi connectivity index (χ0v) is 12.4. The number of pyridine rings is 1. The van der Waals surface area contributed by atoms with Crippen LogP contribution in [0.25, 0.3) is 10.9 Å². The number of Topliss-reactive ketones (excluding diaryl/α,β-unsaturated/α-hetero) is 1. The van der Waals surface area contributed by atoms with Crippen LogP contribution in [-0.2, 0) is 6.42 Å². The van der Waals surface area contributed by atoms with Crippen molar-refractivity contribution in [3.05, 3.63) is 62.9 Å². The Bertz CT molecular complexity index is 750. The van der Waals surface area contributed by atoms with Gasteiger partial charge in [-0.25, -0.2) is 0 Å². The summed E-state index contributed by atoms with van der Waals surface area (Å²) >= 11 is 5.00. The Labute approximate surface area is 123 Å². The van der Waals surface area contributed by atoms with Crippen LogP contribution in [0, 0.1) is 0 Å². The van der Waals surface area contributed by atoms with Gasteiger partial charge in [0.15, 0.2) is 5.78 Å². The lowest BCUT2D eigenvalue weighted by Gasteiger charge is -2.01. The first-order chi connectivity index (χ1) is 9.22. The molecule has 0 bridgehead atoms. The molecule has 0 amide bonds. The Balaban J connectivity index is 1.89. The van der Waals surface area contributed by atoms with Crippen molar-refractivity contribution in [2.75, 3.05) is 0 Å². The van der Waals surface area contributed by atoms with Crippen molar-refractivity contribution in [3.63, 3.8) is 0 Å². The van der Waals surface area contributed by atoms with Crippen LogP contribution in [0.3, 0.4) is 0 Å². The molecule has 0 aliphatic carbocycles. The molecule has 19 heavy (non-hydrogen) atoms. The summed E-state index contributed by atoms with van der Waals surface area (Å²) in [7, 11) is 0. The fourth-order valence-corrected chi connectivity index (χ4v) is 3.41. The monoisotopic (exact) mass is 331 g/mol. The summed E-state index contributed by atoms with van der Waals surface area (Å²) in [6.45, 7) is 0. The highest BCUT2D eigenvalue weighted by Crippen LogP contribution is 2.22. The quantitative estimate of drug-likeness (QED) is 0.662. The van der Waals surface area contributed by atoms with Gasteiger partial charge < -0.3 is 0 Å². The van der Waals surface area contributed by atoms with E-state index in [4.69, 9.17) is 0 Å². The van der Waals surface area contributed by atoms with Gasteiger partial charge in [-0.15, -0.1) is 11.3 Å². The maximum absolute atomic E-state index is 12.2. The van der Waals surface area contributed by atoms with Gasteiger partial charge in [-0.2, -0.15) is 0 Å². The first-order valence-electron chi connectivity index (χ1n) is 5.83. The van der Waals surface area contributed by atoms with Crippen LogP contribution >= 0.6 is 27.3 Å². The minimum absolute atomic E-state index is 0.139. The Morgan fingerprint density at radius 3 is 2.95 bits per heavy atom. The van der Waals surface area contributed by atoms with Crippen LogP contribution in [0.4, 0.5) is 0 Å². The topological polar surface area (TPSA) is 30.0 Å². The van der Waals surface area contributed by atoms with Crippen molar-refractivity contribution in [2.45, 2.75) is 6.42 Å². The van der Waals surface area contributed by atoms with Crippen molar-refractivity contribution in [1.29, 1.82) is 0 Å². The second-order valence-electron chi connectivity index (χ2n) is 4.24.